The van der Waals surface area contributed by atoms with Gasteiger partial charge in [0.2, 0.25) is 5.91 Å². The number of rotatable bonds is 9. The summed E-state index contributed by atoms with van der Waals surface area (Å²) in [4.78, 5) is 12.1. The SMILES string of the molecule is Cl.O=C(CCC1CCNC1)Nc1cccc(COCCc2ccccc2)c1. The van der Waals surface area contributed by atoms with E-state index >= 15 is 0 Å². The summed E-state index contributed by atoms with van der Waals surface area (Å²) in [6.45, 7) is 3.38. The van der Waals surface area contributed by atoms with Gasteiger partial charge in [-0.25, -0.2) is 0 Å². The summed E-state index contributed by atoms with van der Waals surface area (Å²) in [5.41, 5.74) is 3.21. The third-order valence-corrected chi connectivity index (χ3v) is 4.80. The summed E-state index contributed by atoms with van der Waals surface area (Å²) in [6.07, 6.45) is 3.64. The van der Waals surface area contributed by atoms with Crippen LogP contribution in [0.5, 0.6) is 0 Å². The summed E-state index contributed by atoms with van der Waals surface area (Å²) in [6, 6.07) is 18.3. The van der Waals surface area contributed by atoms with Gasteiger partial charge in [0.1, 0.15) is 0 Å². The van der Waals surface area contributed by atoms with E-state index in [0.29, 0.717) is 25.6 Å². The fourth-order valence-electron chi connectivity index (χ4n) is 3.28. The Morgan fingerprint density at radius 2 is 1.93 bits per heavy atom. The Morgan fingerprint density at radius 3 is 2.70 bits per heavy atom. The van der Waals surface area contributed by atoms with Crippen LogP contribution in [0.25, 0.3) is 0 Å². The second kappa shape index (κ2) is 11.8. The molecule has 0 bridgehead atoms. The van der Waals surface area contributed by atoms with Gasteiger partial charge in [-0.1, -0.05) is 42.5 Å². The summed E-state index contributed by atoms with van der Waals surface area (Å²) < 4.78 is 5.78. The third kappa shape index (κ3) is 7.71. The molecule has 4 nitrogen and oxygen atoms in total. The van der Waals surface area contributed by atoms with Crippen LogP contribution in [-0.4, -0.2) is 25.6 Å². The van der Waals surface area contributed by atoms with Crippen molar-refractivity contribution in [1.82, 2.24) is 5.32 Å². The number of carbonyl (C=O) groups excluding carboxylic acids is 1. The highest BCUT2D eigenvalue weighted by atomic mass is 35.5. The maximum Gasteiger partial charge on any atom is 0.224 e. The molecule has 0 radical (unpaired) electrons. The molecule has 1 unspecified atom stereocenters. The predicted octanol–water partition coefficient (Wildman–Crippen LogP) is 4.20. The lowest BCUT2D eigenvalue weighted by Gasteiger charge is -2.10. The van der Waals surface area contributed by atoms with Crippen molar-refractivity contribution in [2.45, 2.75) is 32.3 Å². The van der Waals surface area contributed by atoms with E-state index in [0.717, 1.165) is 37.2 Å². The molecule has 0 aliphatic carbocycles. The Balaban J connectivity index is 0.00000261. The number of hydrogen-bond donors (Lipinski definition) is 2. The first-order valence-corrected chi connectivity index (χ1v) is 9.51. The lowest BCUT2D eigenvalue weighted by molar-refractivity contribution is -0.116. The first-order chi connectivity index (χ1) is 12.8. The third-order valence-electron chi connectivity index (χ3n) is 4.80. The normalized spacial score (nSPS) is 15.9. The Morgan fingerprint density at radius 1 is 1.11 bits per heavy atom. The van der Waals surface area contributed by atoms with Gasteiger partial charge in [-0.3, -0.25) is 4.79 Å². The zero-order chi connectivity index (χ0) is 18.0. The summed E-state index contributed by atoms with van der Waals surface area (Å²) >= 11 is 0. The number of carbonyl (C=O) groups is 1. The van der Waals surface area contributed by atoms with Gasteiger partial charge in [0.05, 0.1) is 13.2 Å². The minimum absolute atomic E-state index is 0. The van der Waals surface area contributed by atoms with Crippen molar-refractivity contribution in [3.05, 3.63) is 65.7 Å². The highest BCUT2D eigenvalue weighted by molar-refractivity contribution is 5.90. The highest BCUT2D eigenvalue weighted by Gasteiger charge is 2.15. The average Bonchev–Trinajstić information content (AvgIpc) is 3.18. The van der Waals surface area contributed by atoms with Crippen molar-refractivity contribution in [1.29, 1.82) is 0 Å². The van der Waals surface area contributed by atoms with Crippen LogP contribution >= 0.6 is 12.4 Å². The molecule has 27 heavy (non-hydrogen) atoms. The van der Waals surface area contributed by atoms with Gasteiger partial charge in [-0.05, 0) is 61.5 Å². The molecular formula is C22H29ClN2O2. The molecule has 1 atom stereocenters. The van der Waals surface area contributed by atoms with Gasteiger partial charge in [-0.2, -0.15) is 0 Å². The molecule has 1 heterocycles. The minimum atomic E-state index is 0. The van der Waals surface area contributed by atoms with Crippen molar-refractivity contribution in [3.63, 3.8) is 0 Å². The molecule has 0 saturated carbocycles. The molecular weight excluding hydrogens is 360 g/mol. The number of anilines is 1. The molecule has 1 saturated heterocycles. The van der Waals surface area contributed by atoms with E-state index in [1.165, 1.54) is 12.0 Å². The van der Waals surface area contributed by atoms with Crippen LogP contribution < -0.4 is 10.6 Å². The van der Waals surface area contributed by atoms with Crippen molar-refractivity contribution in [3.8, 4) is 0 Å². The van der Waals surface area contributed by atoms with E-state index in [2.05, 4.69) is 22.8 Å². The van der Waals surface area contributed by atoms with Gasteiger partial charge in [0.25, 0.3) is 0 Å². The van der Waals surface area contributed by atoms with Crippen molar-refractivity contribution < 1.29 is 9.53 Å². The lowest BCUT2D eigenvalue weighted by Crippen LogP contribution is -2.15. The minimum Gasteiger partial charge on any atom is -0.376 e. The van der Waals surface area contributed by atoms with E-state index in [-0.39, 0.29) is 18.3 Å². The van der Waals surface area contributed by atoms with Gasteiger partial charge < -0.3 is 15.4 Å². The van der Waals surface area contributed by atoms with Crippen LogP contribution in [0.1, 0.15) is 30.4 Å². The Kier molecular flexibility index (Phi) is 9.32. The van der Waals surface area contributed by atoms with Crippen LogP contribution in [0.15, 0.2) is 54.6 Å². The first kappa shape index (κ1) is 21.4. The molecule has 2 aromatic rings. The highest BCUT2D eigenvalue weighted by Crippen LogP contribution is 2.16. The monoisotopic (exact) mass is 388 g/mol. The summed E-state index contributed by atoms with van der Waals surface area (Å²) in [5.74, 6) is 0.740. The quantitative estimate of drug-likeness (QED) is 0.633. The molecule has 0 aromatic heterocycles. The molecule has 2 N–H and O–H groups in total. The number of benzene rings is 2. The number of ether oxygens (including phenoxy) is 1. The van der Waals surface area contributed by atoms with Crippen molar-refractivity contribution in [2.24, 2.45) is 5.92 Å². The average molecular weight is 389 g/mol. The topological polar surface area (TPSA) is 50.4 Å². The van der Waals surface area contributed by atoms with E-state index in [1.54, 1.807) is 0 Å². The van der Waals surface area contributed by atoms with E-state index in [4.69, 9.17) is 4.74 Å². The Bertz CT molecular complexity index is 688. The maximum atomic E-state index is 12.1. The number of hydrogen-bond acceptors (Lipinski definition) is 3. The van der Waals surface area contributed by atoms with Gasteiger partial charge >= 0.3 is 0 Å². The van der Waals surface area contributed by atoms with E-state index in [9.17, 15) is 4.79 Å². The Hall–Kier alpha value is -1.88. The summed E-state index contributed by atoms with van der Waals surface area (Å²) in [5, 5.41) is 6.35. The fourth-order valence-corrected chi connectivity index (χ4v) is 3.28. The van der Waals surface area contributed by atoms with Gasteiger partial charge in [0, 0.05) is 12.1 Å². The van der Waals surface area contributed by atoms with Crippen molar-refractivity contribution >= 4 is 24.0 Å². The first-order valence-electron chi connectivity index (χ1n) is 9.51. The van der Waals surface area contributed by atoms with Crippen LogP contribution in [0, 0.1) is 5.92 Å². The van der Waals surface area contributed by atoms with Crippen LogP contribution in [0.2, 0.25) is 0 Å². The lowest BCUT2D eigenvalue weighted by atomic mass is 10.0. The largest absolute Gasteiger partial charge is 0.376 e. The zero-order valence-electron chi connectivity index (χ0n) is 15.7. The van der Waals surface area contributed by atoms with Crippen LogP contribution in [0.4, 0.5) is 5.69 Å². The molecule has 146 valence electrons. The zero-order valence-corrected chi connectivity index (χ0v) is 16.5. The maximum absolute atomic E-state index is 12.1. The van der Waals surface area contributed by atoms with E-state index in [1.807, 2.05) is 42.5 Å². The second-order valence-electron chi connectivity index (χ2n) is 6.93. The molecule has 3 rings (SSSR count). The molecule has 5 heteroatoms. The molecule has 1 amide bonds. The van der Waals surface area contributed by atoms with Crippen LogP contribution in [-0.2, 0) is 22.6 Å². The Labute approximate surface area is 168 Å². The fraction of sp³-hybridized carbons (Fsp3) is 0.409. The van der Waals surface area contributed by atoms with E-state index < -0.39 is 0 Å². The van der Waals surface area contributed by atoms with Crippen LogP contribution in [0.3, 0.4) is 0 Å². The predicted molar refractivity (Wildman–Crippen MR) is 112 cm³/mol. The van der Waals surface area contributed by atoms with Gasteiger partial charge in [-0.15, -0.1) is 12.4 Å². The molecule has 1 aliphatic heterocycles. The second-order valence-corrected chi connectivity index (χ2v) is 6.93. The molecule has 0 spiro atoms. The van der Waals surface area contributed by atoms with Gasteiger partial charge in [0.15, 0.2) is 0 Å². The molecule has 2 aromatic carbocycles. The smallest absolute Gasteiger partial charge is 0.224 e. The number of amides is 1. The number of nitrogens with one attached hydrogen (secondary N) is 2. The van der Waals surface area contributed by atoms with Crippen molar-refractivity contribution in [2.75, 3.05) is 25.0 Å². The molecule has 1 fully saturated rings. The molecule has 1 aliphatic rings. The standard InChI is InChI=1S/C22H28N2O2.ClH/c25-22(10-9-19-11-13-23-16-19)24-21-8-4-7-20(15-21)17-26-14-12-18-5-2-1-3-6-18;/h1-8,15,19,23H,9-14,16-17H2,(H,24,25);1H. The number of halogens is 1. The summed E-state index contributed by atoms with van der Waals surface area (Å²) in [7, 11) is 0.